The summed E-state index contributed by atoms with van der Waals surface area (Å²) >= 11 is 5.95. The monoisotopic (exact) mass is 262 g/mol. The van der Waals surface area contributed by atoms with Crippen molar-refractivity contribution in [3.8, 4) is 0 Å². The molecule has 2 rings (SSSR count). The van der Waals surface area contributed by atoms with Gasteiger partial charge in [0.15, 0.2) is 0 Å². The zero-order valence-electron chi connectivity index (χ0n) is 9.64. The molecule has 0 fully saturated rings. The molecular formula is C12H11ClN4O. The number of hydrogen-bond donors (Lipinski definition) is 2. The Morgan fingerprint density at radius 3 is 2.78 bits per heavy atom. The molecule has 1 aromatic carbocycles. The van der Waals surface area contributed by atoms with Gasteiger partial charge in [0, 0.05) is 7.05 Å². The second kappa shape index (κ2) is 5.46. The van der Waals surface area contributed by atoms with Crippen molar-refractivity contribution in [3.63, 3.8) is 0 Å². The number of rotatable bonds is 3. The first kappa shape index (κ1) is 12.3. The Hall–Kier alpha value is -2.14. The Morgan fingerprint density at radius 2 is 2.06 bits per heavy atom. The molecule has 92 valence electrons. The van der Waals surface area contributed by atoms with Gasteiger partial charge in [-0.1, -0.05) is 23.7 Å². The first-order valence-electron chi connectivity index (χ1n) is 5.26. The first-order chi connectivity index (χ1) is 8.70. The second-order valence-corrected chi connectivity index (χ2v) is 3.88. The molecular weight excluding hydrogens is 252 g/mol. The number of carbonyl (C=O) groups is 1. The number of halogens is 1. The molecule has 0 aliphatic rings. The molecule has 1 heterocycles. The Kier molecular flexibility index (Phi) is 3.74. The summed E-state index contributed by atoms with van der Waals surface area (Å²) in [5.41, 5.74) is 0.766. The van der Waals surface area contributed by atoms with E-state index in [1.807, 2.05) is 0 Å². The summed E-state index contributed by atoms with van der Waals surface area (Å²) in [4.78, 5) is 19.9. The molecule has 0 unspecified atom stereocenters. The highest BCUT2D eigenvalue weighted by molar-refractivity contribution is 6.33. The van der Waals surface area contributed by atoms with Gasteiger partial charge in [0.1, 0.15) is 11.5 Å². The van der Waals surface area contributed by atoms with E-state index in [2.05, 4.69) is 20.6 Å². The fraction of sp³-hybridized carbons (Fsp3) is 0.0833. The van der Waals surface area contributed by atoms with Crippen molar-refractivity contribution in [2.75, 3.05) is 17.7 Å². The molecule has 0 radical (unpaired) electrons. The van der Waals surface area contributed by atoms with Crippen LogP contribution in [0.4, 0.5) is 11.5 Å². The first-order valence-corrected chi connectivity index (χ1v) is 5.64. The van der Waals surface area contributed by atoms with Crippen LogP contribution < -0.4 is 10.6 Å². The van der Waals surface area contributed by atoms with Gasteiger partial charge in [-0.15, -0.1) is 0 Å². The lowest BCUT2D eigenvalue weighted by Crippen LogP contribution is -2.15. The van der Waals surface area contributed by atoms with Crippen LogP contribution in [0.5, 0.6) is 0 Å². The van der Waals surface area contributed by atoms with Crippen LogP contribution in [0.3, 0.4) is 0 Å². The van der Waals surface area contributed by atoms with Gasteiger partial charge in [0.05, 0.1) is 23.1 Å². The highest BCUT2D eigenvalue weighted by Crippen LogP contribution is 2.20. The van der Waals surface area contributed by atoms with Gasteiger partial charge >= 0.3 is 0 Å². The van der Waals surface area contributed by atoms with E-state index in [4.69, 9.17) is 11.6 Å². The summed E-state index contributed by atoms with van der Waals surface area (Å²) in [6.07, 6.45) is 2.93. The molecule has 0 bridgehead atoms. The summed E-state index contributed by atoms with van der Waals surface area (Å²) in [6.45, 7) is 0. The van der Waals surface area contributed by atoms with Gasteiger partial charge in [-0.25, -0.2) is 4.98 Å². The zero-order chi connectivity index (χ0) is 13.0. The third-order valence-electron chi connectivity index (χ3n) is 2.25. The van der Waals surface area contributed by atoms with Gasteiger partial charge < -0.3 is 10.6 Å². The summed E-state index contributed by atoms with van der Waals surface area (Å²) in [7, 11) is 1.71. The Labute approximate surface area is 109 Å². The molecule has 0 aliphatic carbocycles. The molecule has 1 amide bonds. The predicted octanol–water partition coefficient (Wildman–Crippen LogP) is 2.42. The van der Waals surface area contributed by atoms with E-state index in [-0.39, 0.29) is 11.6 Å². The highest BCUT2D eigenvalue weighted by atomic mass is 35.5. The zero-order valence-corrected chi connectivity index (χ0v) is 10.4. The number of hydrogen-bond acceptors (Lipinski definition) is 4. The lowest BCUT2D eigenvalue weighted by atomic mass is 10.3. The normalized spacial score (nSPS) is 9.89. The summed E-state index contributed by atoms with van der Waals surface area (Å²) < 4.78 is 0. The van der Waals surface area contributed by atoms with Crippen molar-refractivity contribution >= 4 is 29.0 Å². The van der Waals surface area contributed by atoms with E-state index in [9.17, 15) is 4.79 Å². The minimum absolute atomic E-state index is 0.224. The van der Waals surface area contributed by atoms with E-state index in [0.29, 0.717) is 16.5 Å². The predicted molar refractivity (Wildman–Crippen MR) is 71.0 cm³/mol. The SMILES string of the molecule is CNc1cncc(C(=O)Nc2ccccc2Cl)n1. The lowest BCUT2D eigenvalue weighted by Gasteiger charge is -2.06. The minimum Gasteiger partial charge on any atom is -0.372 e. The van der Waals surface area contributed by atoms with Crippen molar-refractivity contribution < 1.29 is 4.79 Å². The number of nitrogens with zero attached hydrogens (tertiary/aromatic N) is 2. The van der Waals surface area contributed by atoms with E-state index < -0.39 is 0 Å². The summed E-state index contributed by atoms with van der Waals surface area (Å²) in [5.74, 6) is 0.175. The van der Waals surface area contributed by atoms with Crippen LogP contribution in [-0.4, -0.2) is 22.9 Å². The van der Waals surface area contributed by atoms with Crippen molar-refractivity contribution in [2.45, 2.75) is 0 Å². The van der Waals surface area contributed by atoms with Crippen LogP contribution >= 0.6 is 11.6 Å². The average molecular weight is 263 g/mol. The van der Waals surface area contributed by atoms with E-state index in [1.165, 1.54) is 12.4 Å². The molecule has 2 N–H and O–H groups in total. The van der Waals surface area contributed by atoms with Crippen molar-refractivity contribution in [1.29, 1.82) is 0 Å². The number of carbonyl (C=O) groups excluding carboxylic acids is 1. The van der Waals surface area contributed by atoms with E-state index in [1.54, 1.807) is 31.3 Å². The van der Waals surface area contributed by atoms with Gasteiger partial charge in [-0.05, 0) is 12.1 Å². The number of anilines is 2. The molecule has 0 atom stereocenters. The van der Waals surface area contributed by atoms with Crippen molar-refractivity contribution in [2.24, 2.45) is 0 Å². The van der Waals surface area contributed by atoms with E-state index >= 15 is 0 Å². The topological polar surface area (TPSA) is 66.9 Å². The van der Waals surface area contributed by atoms with Crippen LogP contribution in [-0.2, 0) is 0 Å². The third kappa shape index (κ3) is 2.75. The molecule has 0 saturated carbocycles. The molecule has 6 heteroatoms. The molecule has 5 nitrogen and oxygen atoms in total. The number of nitrogens with one attached hydrogen (secondary N) is 2. The molecule has 0 spiro atoms. The average Bonchev–Trinajstić information content (AvgIpc) is 2.41. The molecule has 0 saturated heterocycles. The number of benzene rings is 1. The smallest absolute Gasteiger partial charge is 0.275 e. The molecule has 2 aromatic rings. The molecule has 1 aromatic heterocycles. The van der Waals surface area contributed by atoms with Crippen LogP contribution in [0.1, 0.15) is 10.5 Å². The van der Waals surface area contributed by atoms with Crippen LogP contribution in [0.25, 0.3) is 0 Å². The molecule has 18 heavy (non-hydrogen) atoms. The van der Waals surface area contributed by atoms with Crippen molar-refractivity contribution in [1.82, 2.24) is 9.97 Å². The minimum atomic E-state index is -0.354. The quantitative estimate of drug-likeness (QED) is 0.892. The Morgan fingerprint density at radius 1 is 1.28 bits per heavy atom. The second-order valence-electron chi connectivity index (χ2n) is 3.47. The van der Waals surface area contributed by atoms with Gasteiger partial charge in [0.2, 0.25) is 0 Å². The van der Waals surface area contributed by atoms with Gasteiger partial charge in [0.25, 0.3) is 5.91 Å². The highest BCUT2D eigenvalue weighted by Gasteiger charge is 2.10. The largest absolute Gasteiger partial charge is 0.372 e. The van der Waals surface area contributed by atoms with Crippen LogP contribution in [0, 0.1) is 0 Å². The standard InChI is InChI=1S/C12H11ClN4O/c1-14-11-7-15-6-10(16-11)12(18)17-9-5-3-2-4-8(9)13/h2-7H,1H3,(H,14,16)(H,17,18). The lowest BCUT2D eigenvalue weighted by molar-refractivity contribution is 0.102. The number of para-hydroxylation sites is 1. The summed E-state index contributed by atoms with van der Waals surface area (Å²) in [5, 5.41) is 5.97. The fourth-order valence-corrected chi connectivity index (χ4v) is 1.53. The van der Waals surface area contributed by atoms with Crippen LogP contribution in [0.2, 0.25) is 5.02 Å². The van der Waals surface area contributed by atoms with Crippen molar-refractivity contribution in [3.05, 3.63) is 47.4 Å². The Bertz CT molecular complexity index is 574. The van der Waals surface area contributed by atoms with Gasteiger partial charge in [-0.3, -0.25) is 9.78 Å². The maximum absolute atomic E-state index is 11.9. The fourth-order valence-electron chi connectivity index (χ4n) is 1.34. The maximum Gasteiger partial charge on any atom is 0.275 e. The third-order valence-corrected chi connectivity index (χ3v) is 2.57. The Balaban J connectivity index is 2.19. The van der Waals surface area contributed by atoms with E-state index in [0.717, 1.165) is 0 Å². The maximum atomic E-state index is 11.9. The number of aromatic nitrogens is 2. The number of amides is 1. The van der Waals surface area contributed by atoms with Crippen LogP contribution in [0.15, 0.2) is 36.7 Å². The van der Waals surface area contributed by atoms with Gasteiger partial charge in [-0.2, -0.15) is 0 Å². The molecule has 0 aliphatic heterocycles. The summed E-state index contributed by atoms with van der Waals surface area (Å²) in [6, 6.07) is 7.00.